The molecule has 0 saturated heterocycles. The van der Waals surface area contributed by atoms with Gasteiger partial charge in [0, 0.05) is 18.7 Å². The van der Waals surface area contributed by atoms with Crippen LogP contribution in [0.2, 0.25) is 0 Å². The fourth-order valence-corrected chi connectivity index (χ4v) is 1.90. The van der Waals surface area contributed by atoms with Gasteiger partial charge >= 0.3 is 0 Å². The maximum absolute atomic E-state index is 9.21. The standard InChI is InChI=1S/C15H25NO2/c1-11(10-17)13(3)16-12(2)4-5-14-6-8-15(18)9-7-14/h6-9,11-13,16-18H,4-5,10H2,1-3H3. The number of phenols is 1. The van der Waals surface area contributed by atoms with Crippen LogP contribution in [0, 0.1) is 5.92 Å². The number of nitrogens with one attached hydrogen (secondary N) is 1. The number of aryl methyl sites for hydroxylation is 1. The lowest BCUT2D eigenvalue weighted by atomic mass is 10.0. The lowest BCUT2D eigenvalue weighted by Crippen LogP contribution is -2.39. The summed E-state index contributed by atoms with van der Waals surface area (Å²) in [6.07, 6.45) is 2.04. The van der Waals surface area contributed by atoms with E-state index in [1.165, 1.54) is 5.56 Å². The molecule has 0 fully saturated rings. The number of aromatic hydroxyl groups is 1. The van der Waals surface area contributed by atoms with Gasteiger partial charge in [-0.25, -0.2) is 0 Å². The second-order valence-electron chi connectivity index (χ2n) is 5.22. The quantitative estimate of drug-likeness (QED) is 0.697. The Kier molecular flexibility index (Phi) is 6.16. The highest BCUT2D eigenvalue weighted by Crippen LogP contribution is 2.12. The zero-order chi connectivity index (χ0) is 13.5. The summed E-state index contributed by atoms with van der Waals surface area (Å²) in [5.74, 6) is 0.594. The number of rotatable bonds is 7. The maximum atomic E-state index is 9.21. The van der Waals surface area contributed by atoms with E-state index in [1.807, 2.05) is 19.1 Å². The summed E-state index contributed by atoms with van der Waals surface area (Å²) in [6, 6.07) is 8.12. The number of benzene rings is 1. The van der Waals surface area contributed by atoms with E-state index in [1.54, 1.807) is 12.1 Å². The van der Waals surface area contributed by atoms with Crippen molar-refractivity contribution in [1.29, 1.82) is 0 Å². The Balaban J connectivity index is 2.32. The van der Waals surface area contributed by atoms with Crippen LogP contribution in [-0.4, -0.2) is 28.9 Å². The molecule has 3 nitrogen and oxygen atoms in total. The monoisotopic (exact) mass is 251 g/mol. The Morgan fingerprint density at radius 3 is 2.28 bits per heavy atom. The largest absolute Gasteiger partial charge is 0.508 e. The maximum Gasteiger partial charge on any atom is 0.115 e. The van der Waals surface area contributed by atoms with Gasteiger partial charge in [0.1, 0.15) is 5.75 Å². The highest BCUT2D eigenvalue weighted by Gasteiger charge is 2.13. The molecule has 0 bridgehead atoms. The molecule has 3 heteroatoms. The third-order valence-electron chi connectivity index (χ3n) is 3.49. The van der Waals surface area contributed by atoms with Crippen molar-refractivity contribution >= 4 is 0 Å². The van der Waals surface area contributed by atoms with Gasteiger partial charge in [-0.05, 0) is 50.3 Å². The van der Waals surface area contributed by atoms with E-state index in [0.717, 1.165) is 12.8 Å². The summed E-state index contributed by atoms with van der Waals surface area (Å²) >= 11 is 0. The smallest absolute Gasteiger partial charge is 0.115 e. The molecule has 0 amide bonds. The van der Waals surface area contributed by atoms with Crippen molar-refractivity contribution < 1.29 is 10.2 Å². The normalized spacial score (nSPS) is 16.2. The summed E-state index contributed by atoms with van der Waals surface area (Å²) in [7, 11) is 0. The van der Waals surface area contributed by atoms with Crippen molar-refractivity contribution in [2.45, 2.75) is 45.7 Å². The molecule has 0 saturated carbocycles. The van der Waals surface area contributed by atoms with Crippen LogP contribution in [0.1, 0.15) is 32.8 Å². The molecule has 3 unspecified atom stereocenters. The molecule has 0 heterocycles. The molecule has 0 aliphatic rings. The van der Waals surface area contributed by atoms with Gasteiger partial charge in [-0.3, -0.25) is 0 Å². The molecular weight excluding hydrogens is 226 g/mol. The summed E-state index contributed by atoms with van der Waals surface area (Å²) in [4.78, 5) is 0. The lowest BCUT2D eigenvalue weighted by molar-refractivity contribution is 0.201. The van der Waals surface area contributed by atoms with Crippen molar-refractivity contribution in [3.63, 3.8) is 0 Å². The number of phenolic OH excluding ortho intramolecular Hbond substituents is 1. The van der Waals surface area contributed by atoms with Gasteiger partial charge in [0.2, 0.25) is 0 Å². The number of aliphatic hydroxyl groups is 1. The fourth-order valence-electron chi connectivity index (χ4n) is 1.90. The highest BCUT2D eigenvalue weighted by atomic mass is 16.3. The molecule has 3 N–H and O–H groups in total. The van der Waals surface area contributed by atoms with Gasteiger partial charge in [-0.1, -0.05) is 19.1 Å². The molecule has 1 rings (SSSR count). The third kappa shape index (κ3) is 5.07. The van der Waals surface area contributed by atoms with Gasteiger partial charge in [-0.15, -0.1) is 0 Å². The van der Waals surface area contributed by atoms with Crippen LogP contribution >= 0.6 is 0 Å². The van der Waals surface area contributed by atoms with Crippen LogP contribution in [0.25, 0.3) is 0 Å². The van der Waals surface area contributed by atoms with E-state index in [2.05, 4.69) is 19.2 Å². The Bertz CT molecular complexity index is 337. The molecule has 0 aromatic heterocycles. The van der Waals surface area contributed by atoms with Gasteiger partial charge in [0.05, 0.1) is 0 Å². The number of hydrogen-bond acceptors (Lipinski definition) is 3. The van der Waals surface area contributed by atoms with Crippen molar-refractivity contribution in [2.75, 3.05) is 6.61 Å². The SMILES string of the molecule is CC(CCc1ccc(O)cc1)NC(C)C(C)CO. The van der Waals surface area contributed by atoms with Crippen LogP contribution in [0.3, 0.4) is 0 Å². The molecule has 1 aromatic carbocycles. The summed E-state index contributed by atoms with van der Waals surface area (Å²) in [5, 5.41) is 21.8. The Morgan fingerprint density at radius 2 is 1.72 bits per heavy atom. The first-order chi connectivity index (χ1) is 8.52. The first-order valence-corrected chi connectivity index (χ1v) is 6.67. The van der Waals surface area contributed by atoms with E-state index in [9.17, 15) is 5.11 Å². The van der Waals surface area contributed by atoms with Crippen molar-refractivity contribution in [2.24, 2.45) is 5.92 Å². The molecule has 18 heavy (non-hydrogen) atoms. The second-order valence-corrected chi connectivity index (χ2v) is 5.22. The van der Waals surface area contributed by atoms with Gasteiger partial charge in [0.15, 0.2) is 0 Å². The molecule has 0 aliphatic carbocycles. The summed E-state index contributed by atoms with van der Waals surface area (Å²) < 4.78 is 0. The van der Waals surface area contributed by atoms with Crippen molar-refractivity contribution in [1.82, 2.24) is 5.32 Å². The summed E-state index contributed by atoms with van der Waals surface area (Å²) in [6.45, 7) is 6.54. The van der Waals surface area contributed by atoms with E-state index >= 15 is 0 Å². The van der Waals surface area contributed by atoms with Gasteiger partial charge in [0.25, 0.3) is 0 Å². The van der Waals surface area contributed by atoms with Crippen molar-refractivity contribution in [3.05, 3.63) is 29.8 Å². The number of hydrogen-bond donors (Lipinski definition) is 3. The molecule has 1 aromatic rings. The molecule has 3 atom stereocenters. The van der Waals surface area contributed by atoms with Crippen LogP contribution in [-0.2, 0) is 6.42 Å². The summed E-state index contributed by atoms with van der Waals surface area (Å²) in [5.41, 5.74) is 1.24. The molecule has 0 radical (unpaired) electrons. The van der Waals surface area contributed by atoms with Gasteiger partial charge < -0.3 is 15.5 Å². The Morgan fingerprint density at radius 1 is 1.11 bits per heavy atom. The zero-order valence-electron chi connectivity index (χ0n) is 11.6. The van der Waals surface area contributed by atoms with Gasteiger partial charge in [-0.2, -0.15) is 0 Å². The lowest BCUT2D eigenvalue weighted by Gasteiger charge is -2.24. The van der Waals surface area contributed by atoms with Crippen molar-refractivity contribution in [3.8, 4) is 5.75 Å². The Hall–Kier alpha value is -1.06. The van der Waals surface area contributed by atoms with Crippen LogP contribution in [0.5, 0.6) is 5.75 Å². The Labute approximate surface area is 110 Å². The van der Waals surface area contributed by atoms with E-state index < -0.39 is 0 Å². The predicted molar refractivity (Wildman–Crippen MR) is 74.7 cm³/mol. The van der Waals surface area contributed by atoms with E-state index in [-0.39, 0.29) is 12.5 Å². The second kappa shape index (κ2) is 7.39. The van der Waals surface area contributed by atoms with E-state index in [0.29, 0.717) is 17.8 Å². The minimum atomic E-state index is 0.221. The molecule has 0 spiro atoms. The molecular formula is C15H25NO2. The highest BCUT2D eigenvalue weighted by molar-refractivity contribution is 5.25. The zero-order valence-corrected chi connectivity index (χ0v) is 11.6. The van der Waals surface area contributed by atoms with Crippen LogP contribution in [0.15, 0.2) is 24.3 Å². The molecule has 0 aliphatic heterocycles. The average molecular weight is 251 g/mol. The first-order valence-electron chi connectivity index (χ1n) is 6.67. The molecule has 102 valence electrons. The van der Waals surface area contributed by atoms with Crippen LogP contribution in [0.4, 0.5) is 0 Å². The van der Waals surface area contributed by atoms with Crippen LogP contribution < -0.4 is 5.32 Å². The topological polar surface area (TPSA) is 52.5 Å². The minimum Gasteiger partial charge on any atom is -0.508 e. The third-order valence-corrected chi connectivity index (χ3v) is 3.49. The minimum absolute atomic E-state index is 0.221. The first kappa shape index (κ1) is 15.0. The predicted octanol–water partition coefficient (Wildman–Crippen LogP) is 2.32. The average Bonchev–Trinajstić information content (AvgIpc) is 2.37. The number of aliphatic hydroxyl groups excluding tert-OH is 1. The van der Waals surface area contributed by atoms with E-state index in [4.69, 9.17) is 5.11 Å². The fraction of sp³-hybridized carbons (Fsp3) is 0.600.